The van der Waals surface area contributed by atoms with Gasteiger partial charge in [0.1, 0.15) is 0 Å². The number of hydrogen-bond donors (Lipinski definition) is 4. The van der Waals surface area contributed by atoms with Crippen molar-refractivity contribution in [1.29, 1.82) is 0 Å². The summed E-state index contributed by atoms with van der Waals surface area (Å²) in [4.78, 5) is 30.2. The average molecular weight is 464 g/mol. The van der Waals surface area contributed by atoms with E-state index in [0.717, 1.165) is 17.8 Å². The van der Waals surface area contributed by atoms with Crippen molar-refractivity contribution in [2.45, 2.75) is 36.4 Å². The number of hydrogen-bond acceptors (Lipinski definition) is 9. The average Bonchev–Trinajstić information content (AvgIpc) is 3.20. The minimum atomic E-state index is -0.935. The molecule has 9 nitrogen and oxygen atoms in total. The highest BCUT2D eigenvalue weighted by Crippen LogP contribution is 2.27. The molecular weight excluding hydrogens is 442 g/mol. The van der Waals surface area contributed by atoms with Crippen LogP contribution in [0.4, 0.5) is 20.4 Å². The van der Waals surface area contributed by atoms with Gasteiger partial charge in [-0.05, 0) is 19.4 Å². The van der Waals surface area contributed by atoms with Gasteiger partial charge < -0.3 is 25.4 Å². The highest BCUT2D eigenvalue weighted by molar-refractivity contribution is 7.98. The number of aromatic amines is 1. The molecule has 0 spiro atoms. The molecule has 1 aliphatic rings. The van der Waals surface area contributed by atoms with Crippen molar-refractivity contribution in [3.63, 3.8) is 0 Å². The molecule has 1 aromatic carbocycles. The third kappa shape index (κ3) is 4.66. The third-order valence-electron chi connectivity index (χ3n) is 5.02. The smallest absolute Gasteiger partial charge is 0.292 e. The SMILES string of the molecule is CC(CO)Nc1nc(SCc2cccc(F)c2F)nc2[nH]c(=O)c(N3CCC(O)C3)nc12. The zero-order valence-corrected chi connectivity index (χ0v) is 18.0. The quantitative estimate of drug-likeness (QED) is 0.305. The Balaban J connectivity index is 1.71. The van der Waals surface area contributed by atoms with Gasteiger partial charge in [-0.1, -0.05) is 23.9 Å². The minimum Gasteiger partial charge on any atom is -0.394 e. The Morgan fingerprint density at radius 1 is 1.34 bits per heavy atom. The van der Waals surface area contributed by atoms with Gasteiger partial charge in [-0.2, -0.15) is 0 Å². The molecule has 3 aromatic rings. The summed E-state index contributed by atoms with van der Waals surface area (Å²) in [5.41, 5.74) is 0.163. The summed E-state index contributed by atoms with van der Waals surface area (Å²) in [6.45, 7) is 2.36. The van der Waals surface area contributed by atoms with E-state index in [1.807, 2.05) is 0 Å². The molecule has 4 rings (SSSR count). The van der Waals surface area contributed by atoms with Crippen LogP contribution in [-0.4, -0.2) is 62.0 Å². The maximum Gasteiger partial charge on any atom is 0.292 e. The molecule has 4 N–H and O–H groups in total. The molecule has 0 saturated carbocycles. The first kappa shape index (κ1) is 22.4. The highest BCUT2D eigenvalue weighted by atomic mass is 32.2. The van der Waals surface area contributed by atoms with E-state index in [4.69, 9.17) is 0 Å². The first-order chi connectivity index (χ1) is 15.4. The molecule has 3 heterocycles. The van der Waals surface area contributed by atoms with Crippen LogP contribution in [0, 0.1) is 11.6 Å². The lowest BCUT2D eigenvalue weighted by Crippen LogP contribution is -2.29. The van der Waals surface area contributed by atoms with Crippen LogP contribution in [0.15, 0.2) is 28.2 Å². The third-order valence-corrected chi connectivity index (χ3v) is 5.92. The molecule has 170 valence electrons. The van der Waals surface area contributed by atoms with Gasteiger partial charge in [-0.25, -0.2) is 23.7 Å². The van der Waals surface area contributed by atoms with Gasteiger partial charge in [0, 0.05) is 30.4 Å². The molecule has 12 heteroatoms. The van der Waals surface area contributed by atoms with Gasteiger partial charge in [0.05, 0.1) is 12.7 Å². The fraction of sp³-hybridized carbons (Fsp3) is 0.400. The predicted molar refractivity (Wildman–Crippen MR) is 117 cm³/mol. The minimum absolute atomic E-state index is 0.0749. The molecule has 2 atom stereocenters. The second-order valence-electron chi connectivity index (χ2n) is 7.56. The predicted octanol–water partition coefficient (Wildman–Crippen LogP) is 1.65. The van der Waals surface area contributed by atoms with E-state index in [-0.39, 0.29) is 46.4 Å². The number of aromatic nitrogens is 4. The number of anilines is 2. The number of β-amino-alcohol motifs (C(OH)–C–C–N with tert-alkyl or cyclic N) is 1. The van der Waals surface area contributed by atoms with Crippen LogP contribution in [-0.2, 0) is 5.75 Å². The van der Waals surface area contributed by atoms with Crippen molar-refractivity contribution >= 4 is 34.6 Å². The Morgan fingerprint density at radius 3 is 2.88 bits per heavy atom. The zero-order chi connectivity index (χ0) is 22.8. The lowest BCUT2D eigenvalue weighted by molar-refractivity contribution is 0.198. The molecule has 2 unspecified atom stereocenters. The Labute approximate surface area is 185 Å². The van der Waals surface area contributed by atoms with E-state index in [1.54, 1.807) is 11.8 Å². The topological polar surface area (TPSA) is 127 Å². The van der Waals surface area contributed by atoms with Crippen LogP contribution < -0.4 is 15.8 Å². The molecule has 0 radical (unpaired) electrons. The van der Waals surface area contributed by atoms with Crippen LogP contribution >= 0.6 is 11.8 Å². The van der Waals surface area contributed by atoms with E-state index < -0.39 is 23.3 Å². The van der Waals surface area contributed by atoms with E-state index in [2.05, 4.69) is 25.3 Å². The first-order valence-electron chi connectivity index (χ1n) is 10.0. The van der Waals surface area contributed by atoms with Gasteiger partial charge in [0.15, 0.2) is 39.6 Å². The van der Waals surface area contributed by atoms with Crippen LogP contribution in [0.1, 0.15) is 18.9 Å². The molecule has 0 aliphatic carbocycles. The number of thioether (sulfide) groups is 1. The number of fused-ring (bicyclic) bond motifs is 1. The number of aliphatic hydroxyl groups is 2. The Kier molecular flexibility index (Phi) is 6.53. The highest BCUT2D eigenvalue weighted by Gasteiger charge is 2.25. The van der Waals surface area contributed by atoms with Crippen LogP contribution in [0.2, 0.25) is 0 Å². The number of aliphatic hydroxyl groups excluding tert-OH is 2. The first-order valence-corrected chi connectivity index (χ1v) is 11.0. The number of halogens is 2. The molecule has 32 heavy (non-hydrogen) atoms. The summed E-state index contributed by atoms with van der Waals surface area (Å²) in [5, 5.41) is 22.5. The van der Waals surface area contributed by atoms with Crippen LogP contribution in [0.3, 0.4) is 0 Å². The van der Waals surface area contributed by atoms with E-state index >= 15 is 0 Å². The van der Waals surface area contributed by atoms with Crippen molar-refractivity contribution in [2.75, 3.05) is 29.9 Å². The van der Waals surface area contributed by atoms with Crippen molar-refractivity contribution in [3.8, 4) is 0 Å². The molecular formula is C20H22F2N6O3S. The molecule has 1 saturated heterocycles. The maximum atomic E-state index is 14.0. The van der Waals surface area contributed by atoms with Gasteiger partial charge in [0.25, 0.3) is 5.56 Å². The molecule has 1 fully saturated rings. The number of rotatable bonds is 7. The van der Waals surface area contributed by atoms with Gasteiger partial charge >= 0.3 is 0 Å². The zero-order valence-electron chi connectivity index (χ0n) is 17.2. The second-order valence-corrected chi connectivity index (χ2v) is 8.50. The molecule has 1 aliphatic heterocycles. The van der Waals surface area contributed by atoms with Crippen LogP contribution in [0.25, 0.3) is 11.2 Å². The van der Waals surface area contributed by atoms with Gasteiger partial charge in [0.2, 0.25) is 0 Å². The molecule has 0 amide bonds. The lowest BCUT2D eigenvalue weighted by Gasteiger charge is -2.18. The number of nitrogens with zero attached hydrogens (tertiary/aromatic N) is 4. The number of nitrogens with one attached hydrogen (secondary N) is 2. The van der Waals surface area contributed by atoms with Crippen LogP contribution in [0.5, 0.6) is 0 Å². The van der Waals surface area contributed by atoms with Crippen molar-refractivity contribution in [1.82, 2.24) is 19.9 Å². The Bertz CT molecular complexity index is 1190. The lowest BCUT2D eigenvalue weighted by atomic mass is 10.2. The summed E-state index contributed by atoms with van der Waals surface area (Å²) >= 11 is 1.07. The Hall–Kier alpha value is -2.83. The fourth-order valence-corrected chi connectivity index (χ4v) is 4.16. The van der Waals surface area contributed by atoms with Crippen molar-refractivity contribution in [2.24, 2.45) is 0 Å². The number of benzene rings is 1. The van der Waals surface area contributed by atoms with E-state index in [1.165, 1.54) is 12.1 Å². The van der Waals surface area contributed by atoms with E-state index in [9.17, 15) is 23.8 Å². The normalized spacial score (nSPS) is 17.2. The summed E-state index contributed by atoms with van der Waals surface area (Å²) < 4.78 is 27.5. The molecule has 2 aromatic heterocycles. The monoisotopic (exact) mass is 464 g/mol. The van der Waals surface area contributed by atoms with Crippen molar-refractivity contribution in [3.05, 3.63) is 45.8 Å². The summed E-state index contributed by atoms with van der Waals surface area (Å²) in [5.74, 6) is -1.35. The molecule has 0 bridgehead atoms. The summed E-state index contributed by atoms with van der Waals surface area (Å²) in [6.07, 6.45) is 0.00582. The van der Waals surface area contributed by atoms with E-state index in [0.29, 0.717) is 25.0 Å². The fourth-order valence-electron chi connectivity index (χ4n) is 3.34. The maximum absolute atomic E-state index is 14.0. The summed E-state index contributed by atoms with van der Waals surface area (Å²) in [7, 11) is 0. The van der Waals surface area contributed by atoms with Gasteiger partial charge in [-0.3, -0.25) is 4.79 Å². The van der Waals surface area contributed by atoms with Gasteiger partial charge in [-0.15, -0.1) is 0 Å². The summed E-state index contributed by atoms with van der Waals surface area (Å²) in [6, 6.07) is 3.57. The largest absolute Gasteiger partial charge is 0.394 e. The standard InChI is InChI=1S/C20H22F2N6O3S/c1-10(8-29)23-16-15-17(25-19(31)18(24-15)28-6-5-12(30)7-28)27-20(26-16)32-9-11-3-2-4-13(21)14(11)22/h2-4,10,12,29-30H,5-9H2,1H3,(H2,23,25,26,27,31). The number of H-pyrrole nitrogens is 1. The second kappa shape index (κ2) is 9.35. The Morgan fingerprint density at radius 2 is 2.16 bits per heavy atom. The van der Waals surface area contributed by atoms with Crippen molar-refractivity contribution < 1.29 is 19.0 Å².